The van der Waals surface area contributed by atoms with Gasteiger partial charge in [0.05, 0.1) is 6.33 Å². The quantitative estimate of drug-likeness (QED) is 0.0366. The molecule has 2 aliphatic rings. The summed E-state index contributed by atoms with van der Waals surface area (Å²) >= 11 is 0. The van der Waals surface area contributed by atoms with Crippen molar-refractivity contribution in [1.82, 2.24) is 51.8 Å². The number of aromatic nitrogens is 3. The van der Waals surface area contributed by atoms with Crippen LogP contribution in [-0.2, 0) is 52.8 Å². The Kier molecular flexibility index (Phi) is 16.4. The van der Waals surface area contributed by atoms with E-state index in [2.05, 4.69) is 51.8 Å². The molecule has 0 spiro atoms. The molecule has 350 valence electrons. The van der Waals surface area contributed by atoms with Gasteiger partial charge in [-0.05, 0) is 55.7 Å². The Morgan fingerprint density at radius 3 is 2.18 bits per heavy atom. The molecule has 0 unspecified atom stereocenters. The number of nitrogens with two attached hydrogens (primary N) is 3. The summed E-state index contributed by atoms with van der Waals surface area (Å²) in [6.07, 6.45) is 4.98. The fourth-order valence-corrected chi connectivity index (χ4v) is 7.94. The van der Waals surface area contributed by atoms with E-state index in [0.29, 0.717) is 29.7 Å². The van der Waals surface area contributed by atoms with E-state index in [1.165, 1.54) is 12.5 Å². The van der Waals surface area contributed by atoms with Crippen molar-refractivity contribution < 1.29 is 38.4 Å². The van der Waals surface area contributed by atoms with Crippen LogP contribution in [0.1, 0.15) is 61.8 Å². The molecule has 0 aliphatic carbocycles. The Morgan fingerprint density at radius 1 is 0.742 bits per heavy atom. The van der Waals surface area contributed by atoms with Gasteiger partial charge in [-0.25, -0.2) is 14.7 Å². The second kappa shape index (κ2) is 22.7. The number of carbonyl (C=O) groups is 8. The van der Waals surface area contributed by atoms with E-state index in [1.54, 1.807) is 36.5 Å². The topological polar surface area (TPSA) is 347 Å². The number of aliphatic imine (C=N–C) groups is 1. The fourth-order valence-electron chi connectivity index (χ4n) is 7.94. The van der Waals surface area contributed by atoms with E-state index in [1.807, 2.05) is 24.3 Å². The summed E-state index contributed by atoms with van der Waals surface area (Å²) in [5.41, 5.74) is 19.3. The number of imide groups is 1. The molecule has 2 aromatic heterocycles. The number of imidazole rings is 1. The Bertz CT molecular complexity index is 2400. The summed E-state index contributed by atoms with van der Waals surface area (Å²) in [5.74, 6) is -5.32. The zero-order valence-electron chi connectivity index (χ0n) is 36.2. The number of benzene rings is 2. The number of guanidine groups is 1. The average Bonchev–Trinajstić information content (AvgIpc) is 4.03. The van der Waals surface area contributed by atoms with Crippen molar-refractivity contribution in [3.05, 3.63) is 90.1 Å². The van der Waals surface area contributed by atoms with Crippen LogP contribution in [0.25, 0.3) is 10.9 Å². The van der Waals surface area contributed by atoms with Gasteiger partial charge in [0, 0.05) is 67.8 Å². The van der Waals surface area contributed by atoms with Crippen molar-refractivity contribution in [2.45, 2.75) is 100 Å². The summed E-state index contributed by atoms with van der Waals surface area (Å²) in [4.78, 5) is 126. The maximum absolute atomic E-state index is 14.6. The van der Waals surface area contributed by atoms with Gasteiger partial charge in [0.2, 0.25) is 35.4 Å². The van der Waals surface area contributed by atoms with Crippen LogP contribution in [0.5, 0.6) is 0 Å². The fraction of sp³-hybridized carbons (Fsp3) is 0.409. The van der Waals surface area contributed by atoms with E-state index in [4.69, 9.17) is 17.2 Å². The first-order valence-corrected chi connectivity index (χ1v) is 21.8. The van der Waals surface area contributed by atoms with Crippen molar-refractivity contribution in [1.29, 1.82) is 0 Å². The molecule has 2 aliphatic heterocycles. The lowest BCUT2D eigenvalue weighted by atomic mass is 10.0. The Balaban J connectivity index is 1.36. The summed E-state index contributed by atoms with van der Waals surface area (Å²) in [5, 5.41) is 17.1. The highest BCUT2D eigenvalue weighted by molar-refractivity contribution is 6.08. The van der Waals surface area contributed by atoms with E-state index in [9.17, 15) is 38.4 Å². The molecule has 14 N–H and O–H groups in total. The number of H-pyrrole nitrogens is 2. The van der Waals surface area contributed by atoms with Crippen LogP contribution < -0.4 is 49.1 Å². The number of hydrogen-bond donors (Lipinski definition) is 11. The molecule has 22 heteroatoms. The number of hydrogen-bond acceptors (Lipinski definition) is 10. The number of amides is 9. The molecule has 6 rings (SSSR count). The monoisotopic (exact) mass is 908 g/mol. The molecule has 2 aromatic carbocycles. The first-order valence-electron chi connectivity index (χ1n) is 21.8. The number of carbonyl (C=O) groups excluding carboxylic acids is 8. The molecule has 2 fully saturated rings. The lowest BCUT2D eigenvalue weighted by Crippen LogP contribution is -2.60. The minimum Gasteiger partial charge on any atom is -0.370 e. The van der Waals surface area contributed by atoms with Crippen molar-refractivity contribution in [3.8, 4) is 0 Å². The van der Waals surface area contributed by atoms with Crippen molar-refractivity contribution in [2.75, 3.05) is 13.1 Å². The normalized spacial score (nSPS) is 23.1. The van der Waals surface area contributed by atoms with Crippen molar-refractivity contribution >= 4 is 64.2 Å². The third-order valence-electron chi connectivity index (χ3n) is 11.4. The minimum absolute atomic E-state index is 0.0332. The van der Waals surface area contributed by atoms with Gasteiger partial charge in [-0.1, -0.05) is 48.5 Å². The second-order valence-electron chi connectivity index (χ2n) is 16.2. The SMILES string of the molecule is NC(=O)[C@H]1CCCCNC(=O)CC[C@@H]2NC(=O)N(C2=O)[C@@H](Cc2cnc[nH]2)C(=O)N[C@H](Cc2ccccc2)C(=O)N[C@H](CCCN=C(N)N)C(=O)N[C@@H](Cc2c[nH]c3ccccc23)C(=O)N1. The molecular weight excluding hydrogens is 853 g/mol. The van der Waals surface area contributed by atoms with Crippen LogP contribution in [0.3, 0.4) is 0 Å². The first-order chi connectivity index (χ1) is 31.8. The maximum Gasteiger partial charge on any atom is 0.325 e. The van der Waals surface area contributed by atoms with Crippen molar-refractivity contribution in [3.63, 3.8) is 0 Å². The molecule has 0 saturated carbocycles. The van der Waals surface area contributed by atoms with Crippen molar-refractivity contribution in [2.24, 2.45) is 22.2 Å². The highest BCUT2D eigenvalue weighted by atomic mass is 16.2. The Labute approximate surface area is 379 Å². The lowest BCUT2D eigenvalue weighted by molar-refractivity contribution is -0.138. The largest absolute Gasteiger partial charge is 0.370 e. The Morgan fingerprint density at radius 2 is 1.44 bits per heavy atom. The molecule has 0 radical (unpaired) electrons. The number of nitrogens with zero attached hydrogens (tertiary/aromatic N) is 3. The number of urea groups is 1. The molecule has 6 atom stereocenters. The van der Waals surface area contributed by atoms with Crippen LogP contribution in [0.4, 0.5) is 4.79 Å². The molecule has 22 nitrogen and oxygen atoms in total. The van der Waals surface area contributed by atoms with Gasteiger partial charge >= 0.3 is 6.03 Å². The number of fused-ring (bicyclic) bond motifs is 3. The predicted molar refractivity (Wildman–Crippen MR) is 240 cm³/mol. The molecule has 2 saturated heterocycles. The van der Waals surface area contributed by atoms with Crippen LogP contribution in [0.15, 0.2) is 78.3 Å². The summed E-state index contributed by atoms with van der Waals surface area (Å²) in [6, 6.07) is 7.45. The van der Waals surface area contributed by atoms with E-state index >= 15 is 0 Å². The van der Waals surface area contributed by atoms with Gasteiger partial charge in [0.15, 0.2) is 5.96 Å². The van der Waals surface area contributed by atoms with Gasteiger partial charge in [-0.2, -0.15) is 0 Å². The number of aromatic amines is 2. The van der Waals surface area contributed by atoms with Crippen LogP contribution in [0.2, 0.25) is 0 Å². The van der Waals surface area contributed by atoms with Gasteiger partial charge in [-0.3, -0.25) is 38.6 Å². The second-order valence-corrected chi connectivity index (χ2v) is 16.2. The minimum atomic E-state index is -1.49. The van der Waals surface area contributed by atoms with E-state index in [-0.39, 0.29) is 70.4 Å². The standard InChI is InChI=1S/C44H56N14O8/c45-37(60)30-13-6-7-17-49-36(59)16-15-32-42(65)58(44(66)57-32)35(21-27-23-48-24-52-27)41(64)56-33(19-25-9-2-1-3-10-25)39(62)54-31(14-8-18-50-43(46)47)38(61)55-34(40(63)53-30)20-26-22-51-29-12-5-4-11-28(26)29/h1-5,9-12,22-24,30-35,51H,6-8,13-21H2,(H2,45,60)(H,48,52)(H,49,59)(H,53,63)(H,54,62)(H,55,61)(H,56,64)(H,57,66)(H4,46,47,50)/t30-,31-,32+,33-,34+,35+/m1/s1. The van der Waals surface area contributed by atoms with Gasteiger partial charge in [-0.15, -0.1) is 0 Å². The third-order valence-corrected chi connectivity index (χ3v) is 11.4. The number of nitrogens with one attached hydrogen (secondary N) is 8. The zero-order chi connectivity index (χ0) is 47.2. The summed E-state index contributed by atoms with van der Waals surface area (Å²) < 4.78 is 0. The van der Waals surface area contributed by atoms with Crippen LogP contribution >= 0.6 is 0 Å². The zero-order valence-corrected chi connectivity index (χ0v) is 36.2. The predicted octanol–water partition coefficient (Wildman–Crippen LogP) is -1.23. The number of primary amides is 1. The molecule has 9 amide bonds. The summed E-state index contributed by atoms with van der Waals surface area (Å²) in [7, 11) is 0. The highest BCUT2D eigenvalue weighted by Crippen LogP contribution is 2.21. The van der Waals surface area contributed by atoms with Gasteiger partial charge in [0.25, 0.3) is 5.91 Å². The molecule has 2 bridgehead atoms. The Hall–Kier alpha value is -7.78. The molecule has 4 heterocycles. The first kappa shape index (κ1) is 47.7. The maximum atomic E-state index is 14.6. The smallest absolute Gasteiger partial charge is 0.325 e. The van der Waals surface area contributed by atoms with Crippen LogP contribution in [0, 0.1) is 0 Å². The molecule has 66 heavy (non-hydrogen) atoms. The summed E-state index contributed by atoms with van der Waals surface area (Å²) in [6.45, 7) is 0.277. The van der Waals surface area contributed by atoms with E-state index < -0.39 is 83.6 Å². The van der Waals surface area contributed by atoms with Gasteiger partial charge < -0.3 is 59.1 Å². The number of para-hydroxylation sites is 1. The molecule has 4 aromatic rings. The van der Waals surface area contributed by atoms with E-state index in [0.717, 1.165) is 15.8 Å². The van der Waals surface area contributed by atoms with Gasteiger partial charge in [0.1, 0.15) is 36.3 Å². The lowest BCUT2D eigenvalue weighted by Gasteiger charge is -2.28. The third kappa shape index (κ3) is 12.9. The van der Waals surface area contributed by atoms with Crippen LogP contribution in [-0.4, -0.2) is 123 Å². The molecular formula is C44H56N14O8. The number of rotatable bonds is 11. The highest BCUT2D eigenvalue weighted by Gasteiger charge is 2.45. The average molecular weight is 909 g/mol.